The van der Waals surface area contributed by atoms with Crippen LogP contribution < -0.4 is 0 Å². The number of aliphatic hydroxyl groups excluding tert-OH is 1. The topological polar surface area (TPSA) is 57.5 Å². The largest absolute Gasteiger partial charge is 0.481 e. The van der Waals surface area contributed by atoms with Gasteiger partial charge >= 0.3 is 5.97 Å². The average molecular weight is 160 g/mol. The minimum atomic E-state index is -0.944. The molecule has 0 heterocycles. The summed E-state index contributed by atoms with van der Waals surface area (Å²) in [6, 6.07) is 0. The van der Waals surface area contributed by atoms with E-state index in [0.29, 0.717) is 12.8 Å². The molecule has 3 heteroatoms. The van der Waals surface area contributed by atoms with Gasteiger partial charge in [0.1, 0.15) is 0 Å². The Labute approximate surface area is 67.0 Å². The highest BCUT2D eigenvalue weighted by atomic mass is 16.4. The molecule has 1 atom stereocenters. The molecule has 0 aliphatic heterocycles. The van der Waals surface area contributed by atoms with Crippen LogP contribution in [0.1, 0.15) is 33.6 Å². The van der Waals surface area contributed by atoms with E-state index < -0.39 is 17.5 Å². The minimum Gasteiger partial charge on any atom is -0.481 e. The summed E-state index contributed by atoms with van der Waals surface area (Å²) in [5.74, 6) is -0.905. The molecule has 0 aliphatic carbocycles. The van der Waals surface area contributed by atoms with Crippen LogP contribution in [0.2, 0.25) is 0 Å². The molecule has 0 radical (unpaired) electrons. The van der Waals surface area contributed by atoms with Gasteiger partial charge in [-0.25, -0.2) is 0 Å². The molecule has 0 unspecified atom stereocenters. The van der Waals surface area contributed by atoms with E-state index in [1.165, 1.54) is 6.92 Å². The first-order valence-electron chi connectivity index (χ1n) is 3.92. The molecule has 11 heavy (non-hydrogen) atoms. The second-order valence-electron chi connectivity index (χ2n) is 2.84. The van der Waals surface area contributed by atoms with Gasteiger partial charge in [-0.2, -0.15) is 0 Å². The Hall–Kier alpha value is -0.570. The van der Waals surface area contributed by atoms with Crippen molar-refractivity contribution in [3.8, 4) is 0 Å². The predicted octanol–water partition coefficient (Wildman–Crippen LogP) is 1.26. The van der Waals surface area contributed by atoms with Crippen molar-refractivity contribution in [2.45, 2.75) is 39.7 Å². The molecular formula is C8H16O3. The molecule has 0 rings (SSSR count). The Balaban J connectivity index is 4.61. The van der Waals surface area contributed by atoms with E-state index in [-0.39, 0.29) is 0 Å². The highest BCUT2D eigenvalue weighted by molar-refractivity contribution is 5.75. The number of rotatable bonds is 4. The summed E-state index contributed by atoms with van der Waals surface area (Å²) in [5, 5.41) is 18.1. The summed E-state index contributed by atoms with van der Waals surface area (Å²) in [4.78, 5) is 10.8. The van der Waals surface area contributed by atoms with Gasteiger partial charge in [0.15, 0.2) is 0 Å². The quantitative estimate of drug-likeness (QED) is 0.651. The normalized spacial score (nSPS) is 14.5. The maximum absolute atomic E-state index is 10.8. The third-order valence-corrected chi connectivity index (χ3v) is 2.49. The van der Waals surface area contributed by atoms with Gasteiger partial charge in [0.05, 0.1) is 11.5 Å². The molecule has 0 saturated heterocycles. The van der Waals surface area contributed by atoms with Crippen molar-refractivity contribution in [3.63, 3.8) is 0 Å². The fraction of sp³-hybridized carbons (Fsp3) is 0.875. The van der Waals surface area contributed by atoms with Crippen molar-refractivity contribution >= 4 is 5.97 Å². The van der Waals surface area contributed by atoms with Gasteiger partial charge in [0.2, 0.25) is 0 Å². The number of hydrogen-bond donors (Lipinski definition) is 2. The summed E-state index contributed by atoms with van der Waals surface area (Å²) in [5.41, 5.74) is -0.944. The van der Waals surface area contributed by atoms with E-state index in [9.17, 15) is 9.90 Å². The maximum Gasteiger partial charge on any atom is 0.312 e. The zero-order valence-electron chi connectivity index (χ0n) is 7.29. The van der Waals surface area contributed by atoms with E-state index in [1.54, 1.807) is 13.8 Å². The van der Waals surface area contributed by atoms with Crippen LogP contribution in [0.4, 0.5) is 0 Å². The first kappa shape index (κ1) is 10.4. The van der Waals surface area contributed by atoms with E-state index >= 15 is 0 Å². The zero-order valence-corrected chi connectivity index (χ0v) is 7.29. The molecule has 0 bridgehead atoms. The third-order valence-electron chi connectivity index (χ3n) is 2.49. The SMILES string of the molecule is CCC(CC)(C(=O)O)[C@H](C)O. The molecule has 0 aromatic rings. The standard InChI is InChI=1S/C8H16O3/c1-4-8(5-2,6(3)9)7(10)11/h6,9H,4-5H2,1-3H3,(H,10,11)/t6-/m0/s1. The Bertz CT molecular complexity index is 136. The van der Waals surface area contributed by atoms with Crippen LogP contribution in [0, 0.1) is 5.41 Å². The van der Waals surface area contributed by atoms with Crippen LogP contribution in [-0.2, 0) is 4.79 Å². The number of carboxylic acid groups (broad SMARTS) is 1. The lowest BCUT2D eigenvalue weighted by molar-refractivity contribution is -0.156. The molecule has 3 nitrogen and oxygen atoms in total. The van der Waals surface area contributed by atoms with Crippen molar-refractivity contribution < 1.29 is 15.0 Å². The van der Waals surface area contributed by atoms with Gasteiger partial charge in [0.25, 0.3) is 0 Å². The van der Waals surface area contributed by atoms with Crippen molar-refractivity contribution in [2.75, 3.05) is 0 Å². The molecule has 0 aliphatic rings. The van der Waals surface area contributed by atoms with E-state index in [0.717, 1.165) is 0 Å². The summed E-state index contributed by atoms with van der Waals surface area (Å²) in [6.07, 6.45) is 0.155. The third kappa shape index (κ3) is 1.71. The molecule has 66 valence electrons. The van der Waals surface area contributed by atoms with Crippen molar-refractivity contribution in [3.05, 3.63) is 0 Å². The van der Waals surface area contributed by atoms with Gasteiger partial charge in [-0.15, -0.1) is 0 Å². The van der Waals surface area contributed by atoms with Crippen LogP contribution in [0.5, 0.6) is 0 Å². The Kier molecular flexibility index (Phi) is 3.52. The average Bonchev–Trinajstić information content (AvgIpc) is 1.90. The lowest BCUT2D eigenvalue weighted by atomic mass is 9.78. The second kappa shape index (κ2) is 3.72. The summed E-state index contributed by atoms with van der Waals surface area (Å²) >= 11 is 0. The van der Waals surface area contributed by atoms with Gasteiger partial charge in [0, 0.05) is 0 Å². The first-order chi connectivity index (χ1) is 5.01. The van der Waals surface area contributed by atoms with Gasteiger partial charge in [-0.1, -0.05) is 13.8 Å². The molecule has 2 N–H and O–H groups in total. The van der Waals surface area contributed by atoms with Crippen LogP contribution in [0.25, 0.3) is 0 Å². The molecule has 0 saturated carbocycles. The fourth-order valence-electron chi connectivity index (χ4n) is 1.32. The van der Waals surface area contributed by atoms with Crippen LogP contribution in [-0.4, -0.2) is 22.3 Å². The molecule has 0 spiro atoms. The van der Waals surface area contributed by atoms with E-state index in [2.05, 4.69) is 0 Å². The van der Waals surface area contributed by atoms with Gasteiger partial charge < -0.3 is 10.2 Å². The molecule has 0 amide bonds. The van der Waals surface area contributed by atoms with E-state index in [4.69, 9.17) is 5.11 Å². The van der Waals surface area contributed by atoms with Gasteiger partial charge in [-0.3, -0.25) is 4.79 Å². The zero-order chi connectivity index (χ0) is 9.07. The Morgan fingerprint density at radius 1 is 1.45 bits per heavy atom. The molecule has 0 aromatic heterocycles. The second-order valence-corrected chi connectivity index (χ2v) is 2.84. The molecule has 0 fully saturated rings. The fourth-order valence-corrected chi connectivity index (χ4v) is 1.32. The highest BCUT2D eigenvalue weighted by Gasteiger charge is 2.39. The van der Waals surface area contributed by atoms with Crippen LogP contribution >= 0.6 is 0 Å². The molecular weight excluding hydrogens is 144 g/mol. The number of hydrogen-bond acceptors (Lipinski definition) is 2. The molecule has 0 aromatic carbocycles. The predicted molar refractivity (Wildman–Crippen MR) is 42.3 cm³/mol. The van der Waals surface area contributed by atoms with E-state index in [1.807, 2.05) is 0 Å². The van der Waals surface area contributed by atoms with Crippen molar-refractivity contribution in [2.24, 2.45) is 5.41 Å². The van der Waals surface area contributed by atoms with Gasteiger partial charge in [-0.05, 0) is 19.8 Å². The van der Waals surface area contributed by atoms with Crippen LogP contribution in [0.3, 0.4) is 0 Å². The monoisotopic (exact) mass is 160 g/mol. The summed E-state index contributed by atoms with van der Waals surface area (Å²) in [7, 11) is 0. The Morgan fingerprint density at radius 3 is 1.82 bits per heavy atom. The smallest absolute Gasteiger partial charge is 0.312 e. The number of carboxylic acids is 1. The van der Waals surface area contributed by atoms with Crippen molar-refractivity contribution in [1.82, 2.24) is 0 Å². The number of carbonyl (C=O) groups is 1. The lowest BCUT2D eigenvalue weighted by Gasteiger charge is -2.29. The van der Waals surface area contributed by atoms with Crippen molar-refractivity contribution in [1.29, 1.82) is 0 Å². The van der Waals surface area contributed by atoms with Crippen LogP contribution in [0.15, 0.2) is 0 Å². The minimum absolute atomic E-state index is 0.469. The highest BCUT2D eigenvalue weighted by Crippen LogP contribution is 2.30. The summed E-state index contributed by atoms with van der Waals surface area (Å²) in [6.45, 7) is 5.09. The number of aliphatic carboxylic acids is 1. The maximum atomic E-state index is 10.8. The summed E-state index contributed by atoms with van der Waals surface area (Å²) < 4.78 is 0. The Morgan fingerprint density at radius 2 is 1.82 bits per heavy atom. The lowest BCUT2D eigenvalue weighted by Crippen LogP contribution is -2.39. The number of aliphatic hydroxyl groups is 1. The first-order valence-corrected chi connectivity index (χ1v) is 3.92.